The number of aliphatic hydroxyl groups excluding tert-OH is 2. The van der Waals surface area contributed by atoms with Crippen LogP contribution >= 0.6 is 0 Å². The summed E-state index contributed by atoms with van der Waals surface area (Å²) in [4.78, 5) is 34.9. The van der Waals surface area contributed by atoms with Gasteiger partial charge in [0.1, 0.15) is 6.10 Å². The Morgan fingerprint density at radius 3 is 2.47 bits per heavy atom. The molecule has 8 atom stereocenters. The molecule has 1 unspecified atom stereocenters. The number of rotatable bonds is 11. The number of esters is 1. The van der Waals surface area contributed by atoms with Gasteiger partial charge in [-0.25, -0.2) is 0 Å². The molecule has 0 radical (unpaired) electrons. The number of allylic oxidation sites excluding steroid dienone is 2. The zero-order valence-electron chi connectivity index (χ0n) is 19.0. The second-order valence-corrected chi connectivity index (χ2v) is 9.26. The molecule has 0 aromatic carbocycles. The summed E-state index contributed by atoms with van der Waals surface area (Å²) in [7, 11) is 0. The Kier molecular flexibility index (Phi) is 9.46. The van der Waals surface area contributed by atoms with Crippen molar-refractivity contribution < 1.29 is 39.5 Å². The fourth-order valence-electron chi connectivity index (χ4n) is 4.71. The van der Waals surface area contributed by atoms with Crippen LogP contribution in [0.4, 0.5) is 0 Å². The number of ether oxygens (including phenoxy) is 1. The van der Waals surface area contributed by atoms with Crippen LogP contribution in [0.2, 0.25) is 0 Å². The molecule has 2 aliphatic rings. The van der Waals surface area contributed by atoms with Crippen molar-refractivity contribution in [2.24, 2.45) is 29.6 Å². The van der Waals surface area contributed by atoms with Crippen molar-refractivity contribution in [2.45, 2.75) is 77.6 Å². The highest BCUT2D eigenvalue weighted by Crippen LogP contribution is 2.45. The van der Waals surface area contributed by atoms with E-state index in [0.717, 1.165) is 5.57 Å². The first-order valence-corrected chi connectivity index (χ1v) is 11.4. The van der Waals surface area contributed by atoms with E-state index >= 15 is 0 Å². The third-order valence-electron chi connectivity index (χ3n) is 6.78. The second-order valence-electron chi connectivity index (χ2n) is 9.26. The molecule has 4 N–H and O–H groups in total. The van der Waals surface area contributed by atoms with Crippen molar-refractivity contribution in [3.05, 3.63) is 23.8 Å². The maximum Gasteiger partial charge on any atom is 0.310 e. The summed E-state index contributed by atoms with van der Waals surface area (Å²) in [6, 6.07) is 0. The normalized spacial score (nSPS) is 29.9. The number of carbonyl (C=O) groups is 3. The molecule has 0 saturated heterocycles. The zero-order valence-corrected chi connectivity index (χ0v) is 19.0. The van der Waals surface area contributed by atoms with Crippen molar-refractivity contribution in [3.8, 4) is 0 Å². The largest absolute Gasteiger partial charge is 0.481 e. The van der Waals surface area contributed by atoms with Crippen molar-refractivity contribution >= 4 is 17.9 Å². The molecule has 0 aromatic heterocycles. The SMILES string of the molecule is CCC(C)C(=O)O[C@H]1C[C@H](C(=O)O)C=C2C=C[C@H](C)[C@H](CC[C@@H](O)C[C@@H](O)CC(=O)O)[C@H]21. The summed E-state index contributed by atoms with van der Waals surface area (Å²) >= 11 is 0. The predicted molar refractivity (Wildman–Crippen MR) is 117 cm³/mol. The number of aliphatic hydroxyl groups is 2. The number of fused-ring (bicyclic) bond motifs is 1. The van der Waals surface area contributed by atoms with E-state index in [2.05, 4.69) is 0 Å². The van der Waals surface area contributed by atoms with Crippen LogP contribution in [0.5, 0.6) is 0 Å². The van der Waals surface area contributed by atoms with Crippen molar-refractivity contribution in [3.63, 3.8) is 0 Å². The molecule has 0 heterocycles. The van der Waals surface area contributed by atoms with Gasteiger partial charge in [-0.05, 0) is 43.1 Å². The van der Waals surface area contributed by atoms with Crippen molar-refractivity contribution in [1.29, 1.82) is 0 Å². The van der Waals surface area contributed by atoms with E-state index < -0.39 is 42.6 Å². The fourth-order valence-corrected chi connectivity index (χ4v) is 4.71. The highest BCUT2D eigenvalue weighted by atomic mass is 16.5. The minimum Gasteiger partial charge on any atom is -0.481 e. The highest BCUT2D eigenvalue weighted by Gasteiger charge is 2.43. The van der Waals surface area contributed by atoms with E-state index in [4.69, 9.17) is 9.84 Å². The Hall–Kier alpha value is -2.19. The van der Waals surface area contributed by atoms with E-state index in [1.165, 1.54) is 0 Å². The quantitative estimate of drug-likeness (QED) is 0.351. The lowest BCUT2D eigenvalue weighted by Crippen LogP contribution is -2.43. The van der Waals surface area contributed by atoms with Gasteiger partial charge in [0, 0.05) is 12.3 Å². The summed E-state index contributed by atoms with van der Waals surface area (Å²) in [5, 5.41) is 38.5. The van der Waals surface area contributed by atoms with Gasteiger partial charge in [0.05, 0.1) is 30.5 Å². The first-order chi connectivity index (χ1) is 15.0. The van der Waals surface area contributed by atoms with Gasteiger partial charge in [-0.15, -0.1) is 0 Å². The van der Waals surface area contributed by atoms with Crippen LogP contribution in [0.25, 0.3) is 0 Å². The molecule has 0 saturated carbocycles. The molecule has 0 fully saturated rings. The molecule has 2 rings (SSSR count). The van der Waals surface area contributed by atoms with Gasteiger partial charge in [-0.1, -0.05) is 39.0 Å². The standard InChI is InChI=1S/C24H36O8/c1-4-13(2)24(31)32-20-10-16(23(29)30)9-15-6-5-14(3)19(22(15)20)8-7-17(25)11-18(26)12-21(27)28/h5-6,9,13-14,16-20,22,25-26H,4,7-8,10-12H2,1-3H3,(H,27,28)(H,29,30)/t13?,14-,16+,17+,18+,19-,20-,22-/m0/s1. The van der Waals surface area contributed by atoms with E-state index in [1.807, 2.05) is 26.0 Å². The molecule has 0 bridgehead atoms. The topological polar surface area (TPSA) is 141 Å². The summed E-state index contributed by atoms with van der Waals surface area (Å²) in [5.74, 6) is -3.44. The molecule has 32 heavy (non-hydrogen) atoms. The second kappa shape index (κ2) is 11.6. The monoisotopic (exact) mass is 452 g/mol. The van der Waals surface area contributed by atoms with Crippen LogP contribution in [0.1, 0.15) is 59.3 Å². The Morgan fingerprint density at radius 1 is 1.19 bits per heavy atom. The molecule has 0 aliphatic heterocycles. The summed E-state index contributed by atoms with van der Waals surface area (Å²) in [6.45, 7) is 5.73. The minimum absolute atomic E-state index is 0.0157. The van der Waals surface area contributed by atoms with E-state index in [-0.39, 0.29) is 42.5 Å². The molecule has 0 amide bonds. The van der Waals surface area contributed by atoms with Crippen molar-refractivity contribution in [1.82, 2.24) is 0 Å². The smallest absolute Gasteiger partial charge is 0.310 e. The lowest BCUT2D eigenvalue weighted by molar-refractivity contribution is -0.161. The third kappa shape index (κ3) is 6.90. The Morgan fingerprint density at radius 2 is 1.88 bits per heavy atom. The van der Waals surface area contributed by atoms with Crippen LogP contribution in [0.15, 0.2) is 23.8 Å². The number of aliphatic carboxylic acids is 2. The van der Waals surface area contributed by atoms with Crippen LogP contribution < -0.4 is 0 Å². The molecule has 180 valence electrons. The molecular formula is C24H36O8. The minimum atomic E-state index is -1.12. The first-order valence-electron chi connectivity index (χ1n) is 11.4. The van der Waals surface area contributed by atoms with Crippen LogP contribution in [-0.2, 0) is 19.1 Å². The van der Waals surface area contributed by atoms with Crippen LogP contribution in [-0.4, -0.2) is 56.6 Å². The van der Waals surface area contributed by atoms with E-state index in [1.54, 1.807) is 13.0 Å². The number of hydrogen-bond acceptors (Lipinski definition) is 6. The van der Waals surface area contributed by atoms with Gasteiger partial charge in [0.15, 0.2) is 0 Å². The molecule has 2 aliphatic carbocycles. The number of carboxylic acids is 2. The number of carboxylic acid groups (broad SMARTS) is 2. The van der Waals surface area contributed by atoms with Crippen LogP contribution in [0, 0.1) is 29.6 Å². The number of carbonyl (C=O) groups excluding carboxylic acids is 1. The van der Waals surface area contributed by atoms with E-state index in [0.29, 0.717) is 19.3 Å². The van der Waals surface area contributed by atoms with Gasteiger partial charge in [-0.3, -0.25) is 14.4 Å². The lowest BCUT2D eigenvalue weighted by Gasteiger charge is -2.43. The first kappa shape index (κ1) is 26.1. The summed E-state index contributed by atoms with van der Waals surface area (Å²) in [6.07, 6.45) is 4.46. The van der Waals surface area contributed by atoms with Gasteiger partial charge in [-0.2, -0.15) is 0 Å². The Balaban J connectivity index is 2.18. The molecule has 0 aromatic rings. The highest BCUT2D eigenvalue weighted by molar-refractivity contribution is 5.74. The van der Waals surface area contributed by atoms with Gasteiger partial charge >= 0.3 is 17.9 Å². The van der Waals surface area contributed by atoms with Gasteiger partial charge < -0.3 is 25.2 Å². The van der Waals surface area contributed by atoms with Gasteiger partial charge in [0.25, 0.3) is 0 Å². The molecule has 8 nitrogen and oxygen atoms in total. The Bertz CT molecular complexity index is 742. The molecule has 8 heteroatoms. The average molecular weight is 453 g/mol. The molecule has 0 spiro atoms. The van der Waals surface area contributed by atoms with Crippen LogP contribution in [0.3, 0.4) is 0 Å². The maximum atomic E-state index is 12.5. The number of hydrogen-bond donors (Lipinski definition) is 4. The van der Waals surface area contributed by atoms with Crippen molar-refractivity contribution in [2.75, 3.05) is 0 Å². The Labute approximate surface area is 189 Å². The van der Waals surface area contributed by atoms with E-state index in [9.17, 15) is 29.7 Å². The summed E-state index contributed by atoms with van der Waals surface area (Å²) in [5.41, 5.74) is 0.842. The molecular weight excluding hydrogens is 416 g/mol. The lowest BCUT2D eigenvalue weighted by atomic mass is 9.65. The third-order valence-corrected chi connectivity index (χ3v) is 6.78. The summed E-state index contributed by atoms with van der Waals surface area (Å²) < 4.78 is 5.84. The van der Waals surface area contributed by atoms with Gasteiger partial charge in [0.2, 0.25) is 0 Å². The zero-order chi connectivity index (χ0) is 24.0. The maximum absolute atomic E-state index is 12.5. The fraction of sp³-hybridized carbons (Fsp3) is 0.708. The predicted octanol–water partition coefficient (Wildman–Crippen LogP) is 2.78. The average Bonchev–Trinajstić information content (AvgIpc) is 2.71.